The zero-order chi connectivity index (χ0) is 25.8. The fourth-order valence-electron chi connectivity index (χ4n) is 4.57. The van der Waals surface area contributed by atoms with Crippen molar-refractivity contribution in [3.05, 3.63) is 59.7 Å². The van der Waals surface area contributed by atoms with E-state index in [0.717, 1.165) is 11.1 Å². The van der Waals surface area contributed by atoms with E-state index in [-0.39, 0.29) is 36.3 Å². The molecule has 0 bridgehead atoms. The third-order valence-corrected chi connectivity index (χ3v) is 6.45. The summed E-state index contributed by atoms with van der Waals surface area (Å²) in [5.41, 5.74) is 4.40. The van der Waals surface area contributed by atoms with Crippen molar-refractivity contribution in [2.24, 2.45) is 5.41 Å². The Morgan fingerprint density at radius 2 is 1.57 bits per heavy atom. The highest BCUT2D eigenvalue weighted by molar-refractivity contribution is 5.83. The Morgan fingerprint density at radius 1 is 1.03 bits per heavy atom. The van der Waals surface area contributed by atoms with Gasteiger partial charge in [-0.25, -0.2) is 9.59 Å². The molecule has 0 radical (unpaired) electrons. The van der Waals surface area contributed by atoms with Gasteiger partial charge in [0.05, 0.1) is 0 Å². The molecule has 0 spiro atoms. The van der Waals surface area contributed by atoms with Crippen molar-refractivity contribution in [2.45, 2.75) is 65.0 Å². The van der Waals surface area contributed by atoms with Gasteiger partial charge < -0.3 is 20.1 Å². The van der Waals surface area contributed by atoms with Crippen LogP contribution in [0.25, 0.3) is 11.1 Å². The van der Waals surface area contributed by atoms with Crippen molar-refractivity contribution >= 4 is 18.0 Å². The first-order valence-electron chi connectivity index (χ1n) is 12.1. The molecule has 1 aliphatic rings. The Hall–Kier alpha value is -3.35. The molecule has 188 valence electrons. The number of carboxylic acids is 1. The topological polar surface area (TPSA) is 95.9 Å². The number of alkyl carbamates (subject to hydrolysis) is 1. The van der Waals surface area contributed by atoms with E-state index < -0.39 is 18.1 Å². The number of aliphatic carboxylic acids is 1. The standard InChI is InChI=1S/C28H36N2O5/c1-18(14-15-25(31)30(5)24(26(32)33)16-28(2,3)4)29-27(34)35-17-23-21-12-8-6-10-19(21)20-11-7-9-13-22(20)23/h6-13,18,23-24H,14-17H2,1-5H3,(H,29,34)(H,32,33). The highest BCUT2D eigenvalue weighted by atomic mass is 16.5. The molecule has 2 aromatic carbocycles. The van der Waals surface area contributed by atoms with Gasteiger partial charge in [-0.15, -0.1) is 0 Å². The average molecular weight is 481 g/mol. The second kappa shape index (κ2) is 10.9. The summed E-state index contributed by atoms with van der Waals surface area (Å²) in [5, 5.41) is 12.3. The summed E-state index contributed by atoms with van der Waals surface area (Å²) in [6.07, 6.45) is 0.346. The van der Waals surface area contributed by atoms with Crippen LogP contribution in [0.2, 0.25) is 0 Å². The second-order valence-electron chi connectivity index (χ2n) is 10.5. The molecule has 2 aromatic rings. The molecule has 0 aliphatic heterocycles. The minimum Gasteiger partial charge on any atom is -0.480 e. The summed E-state index contributed by atoms with van der Waals surface area (Å²) in [5.74, 6) is -1.29. The number of benzene rings is 2. The van der Waals surface area contributed by atoms with Gasteiger partial charge >= 0.3 is 12.1 Å². The zero-order valence-corrected chi connectivity index (χ0v) is 21.2. The molecule has 2 amide bonds. The van der Waals surface area contributed by atoms with Crippen LogP contribution in [0, 0.1) is 5.41 Å². The van der Waals surface area contributed by atoms with Gasteiger partial charge in [0.25, 0.3) is 0 Å². The Kier molecular flexibility index (Phi) is 8.20. The number of nitrogens with zero attached hydrogens (tertiary/aromatic N) is 1. The number of likely N-dealkylation sites (N-methyl/N-ethyl adjacent to an activating group) is 1. The number of carboxylic acid groups (broad SMARTS) is 1. The first kappa shape index (κ1) is 26.3. The molecule has 3 rings (SSSR count). The highest BCUT2D eigenvalue weighted by Crippen LogP contribution is 2.44. The number of fused-ring (bicyclic) bond motifs is 3. The van der Waals surface area contributed by atoms with Crippen LogP contribution in [0.1, 0.15) is 64.0 Å². The van der Waals surface area contributed by atoms with Crippen molar-refractivity contribution in [3.63, 3.8) is 0 Å². The Morgan fingerprint density at radius 3 is 2.09 bits per heavy atom. The van der Waals surface area contributed by atoms with Crippen LogP contribution in [0.15, 0.2) is 48.5 Å². The van der Waals surface area contributed by atoms with E-state index in [1.807, 2.05) is 45.0 Å². The van der Waals surface area contributed by atoms with Gasteiger partial charge in [-0.05, 0) is 47.4 Å². The van der Waals surface area contributed by atoms with Gasteiger partial charge in [-0.3, -0.25) is 4.79 Å². The molecular weight excluding hydrogens is 444 g/mol. The number of hydrogen-bond donors (Lipinski definition) is 2. The number of ether oxygens (including phenoxy) is 1. The number of amides is 2. The van der Waals surface area contributed by atoms with E-state index in [1.165, 1.54) is 23.1 Å². The molecule has 2 N–H and O–H groups in total. The van der Waals surface area contributed by atoms with Crippen molar-refractivity contribution < 1.29 is 24.2 Å². The molecule has 0 heterocycles. The van der Waals surface area contributed by atoms with Gasteiger partial charge in [-0.1, -0.05) is 69.3 Å². The van der Waals surface area contributed by atoms with Gasteiger partial charge in [0.2, 0.25) is 5.91 Å². The molecule has 2 atom stereocenters. The molecule has 0 saturated carbocycles. The van der Waals surface area contributed by atoms with E-state index >= 15 is 0 Å². The van der Waals surface area contributed by atoms with E-state index in [1.54, 1.807) is 6.92 Å². The third-order valence-electron chi connectivity index (χ3n) is 6.45. The van der Waals surface area contributed by atoms with E-state index in [0.29, 0.717) is 12.8 Å². The second-order valence-corrected chi connectivity index (χ2v) is 10.5. The molecule has 7 heteroatoms. The number of rotatable bonds is 9. The predicted molar refractivity (Wildman–Crippen MR) is 135 cm³/mol. The highest BCUT2D eigenvalue weighted by Gasteiger charge is 2.31. The van der Waals surface area contributed by atoms with Crippen molar-refractivity contribution in [2.75, 3.05) is 13.7 Å². The maximum absolute atomic E-state index is 12.6. The molecule has 2 unspecified atom stereocenters. The quantitative estimate of drug-likeness (QED) is 0.524. The summed E-state index contributed by atoms with van der Waals surface area (Å²) in [4.78, 5) is 38.1. The van der Waals surface area contributed by atoms with Crippen LogP contribution in [0.5, 0.6) is 0 Å². The Balaban J connectivity index is 1.50. The number of nitrogens with one attached hydrogen (secondary N) is 1. The zero-order valence-electron chi connectivity index (χ0n) is 21.2. The van der Waals surface area contributed by atoms with Crippen LogP contribution >= 0.6 is 0 Å². The van der Waals surface area contributed by atoms with Crippen LogP contribution in [0.3, 0.4) is 0 Å². The van der Waals surface area contributed by atoms with Crippen LogP contribution in [-0.2, 0) is 14.3 Å². The first-order chi connectivity index (χ1) is 16.5. The number of hydrogen-bond acceptors (Lipinski definition) is 4. The maximum atomic E-state index is 12.6. The lowest BCUT2D eigenvalue weighted by Crippen LogP contribution is -2.45. The first-order valence-corrected chi connectivity index (χ1v) is 12.1. The smallest absolute Gasteiger partial charge is 0.407 e. The molecular formula is C28H36N2O5. The number of carbonyl (C=O) groups is 3. The monoisotopic (exact) mass is 480 g/mol. The van der Waals surface area contributed by atoms with Gasteiger partial charge in [0.1, 0.15) is 12.6 Å². The minimum absolute atomic E-state index is 0.0190. The van der Waals surface area contributed by atoms with Gasteiger partial charge in [0, 0.05) is 25.4 Å². The Bertz CT molecular complexity index is 1030. The summed E-state index contributed by atoms with van der Waals surface area (Å²) in [6.45, 7) is 7.87. The summed E-state index contributed by atoms with van der Waals surface area (Å²) in [6, 6.07) is 15.1. The van der Waals surface area contributed by atoms with Gasteiger partial charge in [0.15, 0.2) is 0 Å². The molecule has 0 saturated heterocycles. The molecule has 0 fully saturated rings. The number of carbonyl (C=O) groups excluding carboxylic acids is 2. The molecule has 0 aromatic heterocycles. The fourth-order valence-corrected chi connectivity index (χ4v) is 4.57. The predicted octanol–water partition coefficient (Wildman–Crippen LogP) is 5.04. The van der Waals surface area contributed by atoms with Crippen molar-refractivity contribution in [3.8, 4) is 11.1 Å². The minimum atomic E-state index is -1.01. The SMILES string of the molecule is CC(CCC(=O)N(C)C(CC(C)(C)C)C(=O)O)NC(=O)OCC1c2ccccc2-c2ccccc21. The van der Waals surface area contributed by atoms with E-state index in [4.69, 9.17) is 4.74 Å². The summed E-state index contributed by atoms with van der Waals surface area (Å²) >= 11 is 0. The molecule has 35 heavy (non-hydrogen) atoms. The Labute approximate surface area is 207 Å². The van der Waals surface area contributed by atoms with Crippen molar-refractivity contribution in [1.29, 1.82) is 0 Å². The van der Waals surface area contributed by atoms with Crippen LogP contribution < -0.4 is 5.32 Å². The third kappa shape index (κ3) is 6.62. The van der Waals surface area contributed by atoms with E-state index in [2.05, 4.69) is 29.6 Å². The lowest BCUT2D eigenvalue weighted by atomic mass is 9.87. The van der Waals surface area contributed by atoms with Crippen LogP contribution in [0.4, 0.5) is 4.79 Å². The van der Waals surface area contributed by atoms with E-state index in [9.17, 15) is 19.5 Å². The largest absolute Gasteiger partial charge is 0.480 e. The lowest BCUT2D eigenvalue weighted by Gasteiger charge is -2.30. The summed E-state index contributed by atoms with van der Waals surface area (Å²) < 4.78 is 5.57. The van der Waals surface area contributed by atoms with Gasteiger partial charge in [-0.2, -0.15) is 0 Å². The average Bonchev–Trinajstić information content (AvgIpc) is 3.12. The summed E-state index contributed by atoms with van der Waals surface area (Å²) in [7, 11) is 1.52. The van der Waals surface area contributed by atoms with Crippen molar-refractivity contribution in [1.82, 2.24) is 10.2 Å². The van der Waals surface area contributed by atoms with Crippen LogP contribution in [-0.4, -0.2) is 53.7 Å². The normalized spacial score (nSPS) is 14.4. The maximum Gasteiger partial charge on any atom is 0.407 e. The molecule has 1 aliphatic carbocycles. The fraction of sp³-hybridized carbons (Fsp3) is 0.464. The lowest BCUT2D eigenvalue weighted by molar-refractivity contribution is -0.150. The molecule has 7 nitrogen and oxygen atoms in total.